The Labute approximate surface area is 233 Å². The number of halogens is 6. The lowest BCUT2D eigenvalue weighted by Gasteiger charge is -2.46. The Morgan fingerprint density at radius 1 is 1.07 bits per heavy atom. The average molecular weight is 597 g/mol. The number of nitrogens with zero attached hydrogens (tertiary/aromatic N) is 2. The standard InChI is InChI=1S/C26H34ClF5N4O4/c27-13-10-16(25(39)35-6-8-40-9-7-35)22(17(11-13)26(30,31)32)36-5-4-14(12-36)33-23(37)19-15-2-1-3-18(28)21(15)34-24(38)20(19)29/h13-18,21-22H,1-12H2,(H,33,37)(H,34,38)/t13?,14-,15?,16?,17?,18?,21?,22?/m1/s1. The molecule has 0 aromatic carbocycles. The van der Waals surface area contributed by atoms with Gasteiger partial charge < -0.3 is 20.3 Å². The van der Waals surface area contributed by atoms with Crippen LogP contribution in [-0.2, 0) is 19.1 Å². The van der Waals surface area contributed by atoms with Crippen LogP contribution in [0.1, 0.15) is 38.5 Å². The number of amides is 3. The zero-order chi connectivity index (χ0) is 28.8. The largest absolute Gasteiger partial charge is 0.393 e. The number of likely N-dealkylation sites (tertiary alicyclic amines) is 1. The van der Waals surface area contributed by atoms with E-state index in [2.05, 4.69) is 10.6 Å². The summed E-state index contributed by atoms with van der Waals surface area (Å²) in [6.45, 7) is 1.40. The van der Waals surface area contributed by atoms with Gasteiger partial charge in [-0.15, -0.1) is 11.6 Å². The van der Waals surface area contributed by atoms with Crippen molar-refractivity contribution < 1.29 is 41.1 Å². The number of morpholine rings is 1. The zero-order valence-electron chi connectivity index (χ0n) is 21.9. The van der Waals surface area contributed by atoms with E-state index in [0.717, 1.165) is 0 Å². The quantitative estimate of drug-likeness (QED) is 0.385. The van der Waals surface area contributed by atoms with Crippen LogP contribution in [0, 0.1) is 17.8 Å². The molecule has 14 heteroatoms. The minimum atomic E-state index is -4.59. The normalized spacial score (nSPS) is 37.6. The third-order valence-electron chi connectivity index (χ3n) is 9.05. The predicted molar refractivity (Wildman–Crippen MR) is 134 cm³/mol. The lowest BCUT2D eigenvalue weighted by atomic mass is 9.74. The number of carbonyl (C=O) groups is 3. The van der Waals surface area contributed by atoms with Gasteiger partial charge in [0.1, 0.15) is 6.17 Å². The van der Waals surface area contributed by atoms with E-state index in [1.54, 1.807) is 4.90 Å². The second-order valence-corrected chi connectivity index (χ2v) is 12.1. The lowest BCUT2D eigenvalue weighted by Crippen LogP contribution is -2.59. The first-order valence-corrected chi connectivity index (χ1v) is 14.4. The minimum Gasteiger partial charge on any atom is -0.378 e. The van der Waals surface area contributed by atoms with Crippen LogP contribution < -0.4 is 10.6 Å². The van der Waals surface area contributed by atoms with E-state index in [-0.39, 0.29) is 44.7 Å². The molecule has 2 N–H and O–H groups in total. The first-order chi connectivity index (χ1) is 19.0. The number of hydrogen-bond donors (Lipinski definition) is 2. The fourth-order valence-electron chi connectivity index (χ4n) is 7.17. The van der Waals surface area contributed by atoms with Crippen LogP contribution >= 0.6 is 11.6 Å². The van der Waals surface area contributed by atoms with Gasteiger partial charge in [0.15, 0.2) is 5.83 Å². The van der Waals surface area contributed by atoms with Crippen LogP contribution in [0.5, 0.6) is 0 Å². The first kappa shape index (κ1) is 29.5. The van der Waals surface area contributed by atoms with Gasteiger partial charge in [0.05, 0.1) is 36.7 Å². The molecule has 3 aliphatic heterocycles. The molecule has 224 valence electrons. The van der Waals surface area contributed by atoms with E-state index in [9.17, 15) is 36.3 Å². The topological polar surface area (TPSA) is 91.0 Å². The van der Waals surface area contributed by atoms with Gasteiger partial charge in [-0.1, -0.05) is 0 Å². The smallest absolute Gasteiger partial charge is 0.378 e. The molecule has 2 saturated heterocycles. The molecule has 3 amide bonds. The average Bonchev–Trinajstić information content (AvgIpc) is 3.37. The third-order valence-corrected chi connectivity index (χ3v) is 9.40. The molecule has 0 aromatic heterocycles. The molecule has 4 fully saturated rings. The second kappa shape index (κ2) is 11.7. The molecule has 40 heavy (non-hydrogen) atoms. The van der Waals surface area contributed by atoms with E-state index in [0.29, 0.717) is 39.1 Å². The molecule has 2 aliphatic carbocycles. The maximum absolute atomic E-state index is 14.9. The monoisotopic (exact) mass is 596 g/mol. The molecular weight excluding hydrogens is 563 g/mol. The molecule has 5 aliphatic rings. The fraction of sp³-hybridized carbons (Fsp3) is 0.808. The van der Waals surface area contributed by atoms with E-state index in [1.807, 2.05) is 0 Å². The highest BCUT2D eigenvalue weighted by Crippen LogP contribution is 2.46. The number of fused-ring (bicyclic) bond motifs is 1. The van der Waals surface area contributed by atoms with Gasteiger partial charge >= 0.3 is 6.18 Å². The Kier molecular flexibility index (Phi) is 8.64. The summed E-state index contributed by atoms with van der Waals surface area (Å²) >= 11 is 6.27. The summed E-state index contributed by atoms with van der Waals surface area (Å²) in [5.74, 6) is -7.26. The second-order valence-electron chi connectivity index (χ2n) is 11.5. The summed E-state index contributed by atoms with van der Waals surface area (Å²) in [6, 6.07) is -2.80. The van der Waals surface area contributed by atoms with Gasteiger partial charge in [-0.3, -0.25) is 19.3 Å². The van der Waals surface area contributed by atoms with Gasteiger partial charge in [-0.05, 0) is 38.5 Å². The molecular formula is C26H34ClF5N4O4. The number of hydrogen-bond acceptors (Lipinski definition) is 5. The molecule has 2 saturated carbocycles. The first-order valence-electron chi connectivity index (χ1n) is 13.9. The maximum atomic E-state index is 14.9. The van der Waals surface area contributed by atoms with Crippen LogP contribution in [0.25, 0.3) is 0 Å². The highest BCUT2D eigenvalue weighted by atomic mass is 35.5. The highest BCUT2D eigenvalue weighted by molar-refractivity contribution is 6.20. The molecule has 0 bridgehead atoms. The van der Waals surface area contributed by atoms with E-state index < -0.39 is 76.8 Å². The molecule has 8 atom stereocenters. The lowest BCUT2D eigenvalue weighted by molar-refractivity contribution is -0.206. The summed E-state index contributed by atoms with van der Waals surface area (Å²) in [5, 5.41) is 4.19. The van der Waals surface area contributed by atoms with Crippen LogP contribution in [0.2, 0.25) is 0 Å². The van der Waals surface area contributed by atoms with Crippen molar-refractivity contribution in [2.45, 2.75) is 74.4 Å². The van der Waals surface area contributed by atoms with Crippen molar-refractivity contribution in [3.63, 3.8) is 0 Å². The number of ether oxygens (including phenoxy) is 1. The Morgan fingerprint density at radius 2 is 1.80 bits per heavy atom. The van der Waals surface area contributed by atoms with Crippen molar-refractivity contribution in [3.8, 4) is 0 Å². The predicted octanol–water partition coefficient (Wildman–Crippen LogP) is 2.46. The minimum absolute atomic E-state index is 0.0176. The number of rotatable bonds is 4. The van der Waals surface area contributed by atoms with Crippen molar-refractivity contribution in [1.82, 2.24) is 20.4 Å². The van der Waals surface area contributed by atoms with Crippen LogP contribution in [0.3, 0.4) is 0 Å². The molecule has 0 spiro atoms. The molecule has 3 heterocycles. The van der Waals surface area contributed by atoms with E-state index in [4.69, 9.17) is 16.3 Å². The van der Waals surface area contributed by atoms with E-state index in [1.165, 1.54) is 4.90 Å². The third kappa shape index (κ3) is 5.83. The van der Waals surface area contributed by atoms with Crippen molar-refractivity contribution in [3.05, 3.63) is 11.4 Å². The van der Waals surface area contributed by atoms with Gasteiger partial charge in [0.25, 0.3) is 11.8 Å². The van der Waals surface area contributed by atoms with Crippen LogP contribution in [0.4, 0.5) is 22.0 Å². The molecule has 7 unspecified atom stereocenters. The maximum Gasteiger partial charge on any atom is 0.393 e. The molecule has 8 nitrogen and oxygen atoms in total. The molecule has 0 radical (unpaired) electrons. The highest BCUT2D eigenvalue weighted by Gasteiger charge is 2.56. The van der Waals surface area contributed by atoms with Gasteiger partial charge in [0.2, 0.25) is 5.91 Å². The number of carbonyl (C=O) groups excluding carboxylic acids is 3. The fourth-order valence-corrected chi connectivity index (χ4v) is 7.56. The Morgan fingerprint density at radius 3 is 2.50 bits per heavy atom. The van der Waals surface area contributed by atoms with Crippen LogP contribution in [-0.4, -0.2) is 103 Å². The van der Waals surface area contributed by atoms with Gasteiger partial charge in [0, 0.05) is 49.6 Å². The summed E-state index contributed by atoms with van der Waals surface area (Å²) in [4.78, 5) is 41.9. The Balaban J connectivity index is 1.33. The SMILES string of the molecule is O=C1NC2C(F)CCCC2C(C(=O)N[C@@H]2CCN(C3C(C(=O)N4CCOCC4)CC(Cl)CC3C(F)(F)F)C2)=C1F. The summed E-state index contributed by atoms with van der Waals surface area (Å²) in [5.41, 5.74) is -0.397. The summed E-state index contributed by atoms with van der Waals surface area (Å²) in [7, 11) is 0. The van der Waals surface area contributed by atoms with Crippen molar-refractivity contribution in [2.24, 2.45) is 17.8 Å². The summed E-state index contributed by atoms with van der Waals surface area (Å²) < 4.78 is 77.5. The van der Waals surface area contributed by atoms with Crippen molar-refractivity contribution in [1.29, 1.82) is 0 Å². The van der Waals surface area contributed by atoms with E-state index >= 15 is 0 Å². The van der Waals surface area contributed by atoms with Gasteiger partial charge in [-0.25, -0.2) is 8.78 Å². The van der Waals surface area contributed by atoms with Gasteiger partial charge in [-0.2, -0.15) is 13.2 Å². The van der Waals surface area contributed by atoms with Crippen molar-refractivity contribution in [2.75, 3.05) is 39.4 Å². The summed E-state index contributed by atoms with van der Waals surface area (Å²) in [6.07, 6.45) is -4.98. The van der Waals surface area contributed by atoms with Crippen LogP contribution in [0.15, 0.2) is 11.4 Å². The number of alkyl halides is 5. The zero-order valence-corrected chi connectivity index (χ0v) is 22.7. The van der Waals surface area contributed by atoms with Crippen molar-refractivity contribution >= 4 is 29.3 Å². The molecule has 5 rings (SSSR count). The number of nitrogens with one attached hydrogen (secondary N) is 2. The Bertz CT molecular complexity index is 1040. The Hall–Kier alpha value is -1.99. The molecule has 0 aromatic rings.